The van der Waals surface area contributed by atoms with Crippen LogP contribution >= 0.6 is 0 Å². The quantitative estimate of drug-likeness (QED) is 0.612. The largest absolute Gasteiger partial charge is 0.440 e. The van der Waals surface area contributed by atoms with Crippen LogP contribution in [0.1, 0.15) is 43.1 Å². The van der Waals surface area contributed by atoms with E-state index in [9.17, 15) is 4.79 Å². The summed E-state index contributed by atoms with van der Waals surface area (Å²) in [5.74, 6) is 1.37. The van der Waals surface area contributed by atoms with Gasteiger partial charge in [0.1, 0.15) is 5.52 Å². The van der Waals surface area contributed by atoms with Gasteiger partial charge in [0, 0.05) is 5.92 Å². The lowest BCUT2D eigenvalue weighted by molar-refractivity contribution is 0.533. The molecule has 2 aliphatic carbocycles. The highest BCUT2D eigenvalue weighted by Crippen LogP contribution is 2.50. The van der Waals surface area contributed by atoms with Crippen molar-refractivity contribution in [3.63, 3.8) is 0 Å². The second-order valence-corrected chi connectivity index (χ2v) is 5.24. The summed E-state index contributed by atoms with van der Waals surface area (Å²) in [5, 5.41) is 0. The minimum Gasteiger partial charge on any atom is -0.440 e. The first kappa shape index (κ1) is 10.0. The van der Waals surface area contributed by atoms with Crippen LogP contribution in [0.5, 0.6) is 0 Å². The highest BCUT2D eigenvalue weighted by molar-refractivity contribution is 5.74. The fourth-order valence-electron chi connectivity index (χ4n) is 2.41. The third-order valence-electron chi connectivity index (χ3n) is 3.85. The zero-order chi connectivity index (χ0) is 12.2. The number of aromatic nitrogens is 1. The number of nitrogens with zero attached hydrogens (tertiary/aromatic N) is 2. The van der Waals surface area contributed by atoms with E-state index in [1.54, 1.807) is 6.08 Å². The smallest absolute Gasteiger partial charge is 0.235 e. The maximum atomic E-state index is 10.5. The van der Waals surface area contributed by atoms with Gasteiger partial charge in [0.05, 0.1) is 5.54 Å². The first-order valence-corrected chi connectivity index (χ1v) is 6.31. The van der Waals surface area contributed by atoms with Crippen molar-refractivity contribution in [3.05, 3.63) is 29.7 Å². The van der Waals surface area contributed by atoms with Gasteiger partial charge in [-0.3, -0.25) is 0 Å². The number of aliphatic imine (C=N–C) groups is 1. The molecule has 0 spiro atoms. The van der Waals surface area contributed by atoms with Crippen LogP contribution in [0, 0.1) is 0 Å². The van der Waals surface area contributed by atoms with Gasteiger partial charge in [0.2, 0.25) is 6.08 Å². The molecule has 4 heteroatoms. The van der Waals surface area contributed by atoms with Gasteiger partial charge >= 0.3 is 0 Å². The predicted octanol–water partition coefficient (Wildman–Crippen LogP) is 3.03. The van der Waals surface area contributed by atoms with E-state index in [0.29, 0.717) is 5.92 Å². The summed E-state index contributed by atoms with van der Waals surface area (Å²) >= 11 is 0. The Hall–Kier alpha value is -1.93. The molecule has 2 fully saturated rings. The Kier molecular flexibility index (Phi) is 1.84. The molecular formula is C14H12N2O2. The number of isocyanates is 1. The average molecular weight is 240 g/mol. The molecule has 0 unspecified atom stereocenters. The minimum atomic E-state index is -0.325. The number of hydrogen-bond donors (Lipinski definition) is 0. The van der Waals surface area contributed by atoms with Crippen molar-refractivity contribution in [2.75, 3.05) is 0 Å². The minimum absolute atomic E-state index is 0.325. The molecule has 2 aromatic rings. The van der Waals surface area contributed by atoms with E-state index >= 15 is 0 Å². The molecule has 0 saturated heterocycles. The molecule has 90 valence electrons. The monoisotopic (exact) mass is 240 g/mol. The highest BCUT2D eigenvalue weighted by Gasteiger charge is 2.45. The van der Waals surface area contributed by atoms with E-state index in [0.717, 1.165) is 35.4 Å². The fourth-order valence-corrected chi connectivity index (χ4v) is 2.41. The van der Waals surface area contributed by atoms with Crippen molar-refractivity contribution in [2.24, 2.45) is 4.99 Å². The molecule has 0 amide bonds. The van der Waals surface area contributed by atoms with Crippen LogP contribution < -0.4 is 0 Å². The van der Waals surface area contributed by atoms with E-state index in [-0.39, 0.29) is 5.54 Å². The van der Waals surface area contributed by atoms with Gasteiger partial charge in [0.15, 0.2) is 11.5 Å². The molecule has 0 bridgehead atoms. The third kappa shape index (κ3) is 1.42. The average Bonchev–Trinajstić information content (AvgIpc) is 3.28. The van der Waals surface area contributed by atoms with Gasteiger partial charge in [-0.15, -0.1) is 0 Å². The Morgan fingerprint density at radius 3 is 2.89 bits per heavy atom. The van der Waals surface area contributed by atoms with Gasteiger partial charge in [-0.2, -0.15) is 4.99 Å². The molecule has 0 atom stereocenters. The molecule has 2 saturated carbocycles. The molecule has 1 heterocycles. The fraction of sp³-hybridized carbons (Fsp3) is 0.429. The topological polar surface area (TPSA) is 55.5 Å². The highest BCUT2D eigenvalue weighted by atomic mass is 16.3. The van der Waals surface area contributed by atoms with Gasteiger partial charge in [-0.1, -0.05) is 6.07 Å². The second kappa shape index (κ2) is 3.30. The summed E-state index contributed by atoms with van der Waals surface area (Å²) in [7, 11) is 0. The Morgan fingerprint density at radius 2 is 2.22 bits per heavy atom. The van der Waals surface area contributed by atoms with Crippen LogP contribution in [-0.2, 0) is 10.3 Å². The van der Waals surface area contributed by atoms with Gasteiger partial charge in [-0.25, -0.2) is 9.78 Å². The van der Waals surface area contributed by atoms with Crippen molar-refractivity contribution in [1.82, 2.24) is 4.98 Å². The summed E-state index contributed by atoms with van der Waals surface area (Å²) in [4.78, 5) is 18.9. The summed E-state index contributed by atoms with van der Waals surface area (Å²) in [6.45, 7) is 0. The van der Waals surface area contributed by atoms with E-state index < -0.39 is 0 Å². The van der Waals surface area contributed by atoms with E-state index in [4.69, 9.17) is 4.42 Å². The number of rotatable bonds is 3. The number of benzene rings is 1. The molecule has 1 aromatic carbocycles. The van der Waals surface area contributed by atoms with Gasteiger partial charge in [0.25, 0.3) is 0 Å². The van der Waals surface area contributed by atoms with Crippen LogP contribution in [0.25, 0.3) is 11.1 Å². The molecule has 4 nitrogen and oxygen atoms in total. The van der Waals surface area contributed by atoms with Crippen molar-refractivity contribution in [3.8, 4) is 0 Å². The number of carbonyl (C=O) groups excluding carboxylic acids is 1. The van der Waals surface area contributed by atoms with Crippen molar-refractivity contribution < 1.29 is 9.21 Å². The SMILES string of the molecule is O=C=NC1(c2ccc3oc(C4CC4)nc3c2)CC1. The van der Waals surface area contributed by atoms with Crippen molar-refractivity contribution in [2.45, 2.75) is 37.1 Å². The Balaban J connectivity index is 1.81. The normalized spacial score (nSPS) is 20.7. The maximum Gasteiger partial charge on any atom is 0.235 e. The van der Waals surface area contributed by atoms with Crippen LogP contribution in [0.15, 0.2) is 27.6 Å². The summed E-state index contributed by atoms with van der Waals surface area (Å²) in [6, 6.07) is 5.92. The molecule has 1 aromatic heterocycles. The van der Waals surface area contributed by atoms with Gasteiger partial charge < -0.3 is 4.42 Å². The molecule has 2 aliphatic rings. The van der Waals surface area contributed by atoms with Crippen molar-refractivity contribution in [1.29, 1.82) is 0 Å². The Morgan fingerprint density at radius 1 is 1.39 bits per heavy atom. The molecule has 0 N–H and O–H groups in total. The zero-order valence-corrected chi connectivity index (χ0v) is 9.85. The molecule has 4 rings (SSSR count). The van der Waals surface area contributed by atoms with Crippen LogP contribution in [0.3, 0.4) is 0 Å². The van der Waals surface area contributed by atoms with Crippen molar-refractivity contribution >= 4 is 17.2 Å². The predicted molar refractivity (Wildman–Crippen MR) is 65.0 cm³/mol. The lowest BCUT2D eigenvalue weighted by Crippen LogP contribution is -2.01. The summed E-state index contributed by atoms with van der Waals surface area (Å²) < 4.78 is 5.72. The molecule has 18 heavy (non-hydrogen) atoms. The molecule has 0 radical (unpaired) electrons. The van der Waals surface area contributed by atoms with Crippen LogP contribution in [0.4, 0.5) is 0 Å². The first-order chi connectivity index (χ1) is 8.81. The number of fused-ring (bicyclic) bond motifs is 1. The summed E-state index contributed by atoms with van der Waals surface area (Å²) in [6.07, 6.45) is 5.88. The van der Waals surface area contributed by atoms with E-state index in [2.05, 4.69) is 9.98 Å². The lowest BCUT2D eigenvalue weighted by Gasteiger charge is -2.06. The molecule has 0 aliphatic heterocycles. The Bertz CT molecular complexity index is 674. The first-order valence-electron chi connectivity index (χ1n) is 6.31. The van der Waals surface area contributed by atoms with Crippen LogP contribution in [-0.4, -0.2) is 11.1 Å². The standard InChI is InChI=1S/C14H12N2O2/c17-8-15-14(5-6-14)10-3-4-12-11(7-10)16-13(18-12)9-1-2-9/h3-4,7,9H,1-2,5-6H2. The maximum absolute atomic E-state index is 10.5. The van der Waals surface area contributed by atoms with Crippen LogP contribution in [0.2, 0.25) is 0 Å². The number of oxazole rings is 1. The zero-order valence-electron chi connectivity index (χ0n) is 9.85. The van der Waals surface area contributed by atoms with E-state index in [1.807, 2.05) is 18.2 Å². The third-order valence-corrected chi connectivity index (χ3v) is 3.85. The van der Waals surface area contributed by atoms with Gasteiger partial charge in [-0.05, 0) is 43.4 Å². The summed E-state index contributed by atoms with van der Waals surface area (Å²) in [5.41, 5.74) is 2.43. The molecular weight excluding hydrogens is 228 g/mol. The van der Waals surface area contributed by atoms with E-state index in [1.165, 1.54) is 12.8 Å². The lowest BCUT2D eigenvalue weighted by atomic mass is 10.1. The second-order valence-electron chi connectivity index (χ2n) is 5.24. The number of hydrogen-bond acceptors (Lipinski definition) is 4. The Labute approximate surface area is 104 Å².